The van der Waals surface area contributed by atoms with Crippen LogP contribution in [0.15, 0.2) is 47.4 Å². The van der Waals surface area contributed by atoms with Crippen LogP contribution in [0.3, 0.4) is 0 Å². The summed E-state index contributed by atoms with van der Waals surface area (Å²) >= 11 is 0. The number of amides is 2. The highest BCUT2D eigenvalue weighted by atomic mass is 32.2. The standard InChI is InChI=1S/C21H27N3O5S/c1-4-5-12-23-13-14-24(21(23)25)17-7-9-18(10-8-17)30(26,27)22-16-6-11-19(28-2)20(15-16)29-3/h6-11,15,22H,4-5,12-14H2,1-3H3. The molecule has 0 saturated carbocycles. The molecule has 0 spiro atoms. The molecule has 0 atom stereocenters. The van der Waals surface area contributed by atoms with Gasteiger partial charge in [-0.25, -0.2) is 13.2 Å². The van der Waals surface area contributed by atoms with Crippen LogP contribution in [0.5, 0.6) is 11.5 Å². The van der Waals surface area contributed by atoms with Gasteiger partial charge in [0.05, 0.1) is 24.8 Å². The maximum atomic E-state index is 12.8. The number of rotatable bonds is 9. The van der Waals surface area contributed by atoms with Crippen molar-refractivity contribution in [2.75, 3.05) is 43.5 Å². The van der Waals surface area contributed by atoms with E-state index in [1.165, 1.54) is 26.4 Å². The summed E-state index contributed by atoms with van der Waals surface area (Å²) in [6.45, 7) is 4.11. The summed E-state index contributed by atoms with van der Waals surface area (Å²) in [5.74, 6) is 0.932. The Morgan fingerprint density at radius 3 is 2.33 bits per heavy atom. The number of sulfonamides is 1. The number of nitrogens with zero attached hydrogens (tertiary/aromatic N) is 2. The molecule has 0 aromatic heterocycles. The smallest absolute Gasteiger partial charge is 0.324 e. The lowest BCUT2D eigenvalue weighted by Gasteiger charge is -2.19. The van der Waals surface area contributed by atoms with Gasteiger partial charge < -0.3 is 14.4 Å². The summed E-state index contributed by atoms with van der Waals surface area (Å²) in [6, 6.07) is 11.1. The molecule has 0 aliphatic carbocycles. The Hall–Kier alpha value is -2.94. The summed E-state index contributed by atoms with van der Waals surface area (Å²) in [5, 5.41) is 0. The number of anilines is 2. The van der Waals surface area contributed by atoms with Gasteiger partial charge in [-0.1, -0.05) is 13.3 Å². The molecule has 8 nitrogen and oxygen atoms in total. The zero-order valence-corrected chi connectivity index (χ0v) is 18.2. The average molecular weight is 434 g/mol. The summed E-state index contributed by atoms with van der Waals surface area (Å²) in [5.41, 5.74) is 1.04. The Morgan fingerprint density at radius 2 is 1.70 bits per heavy atom. The fourth-order valence-corrected chi connectivity index (χ4v) is 4.35. The molecular formula is C21H27N3O5S. The van der Waals surface area contributed by atoms with Crippen LogP contribution in [0.2, 0.25) is 0 Å². The van der Waals surface area contributed by atoms with Gasteiger partial charge in [0.15, 0.2) is 11.5 Å². The lowest BCUT2D eigenvalue weighted by Crippen LogP contribution is -2.32. The van der Waals surface area contributed by atoms with Crippen LogP contribution < -0.4 is 19.1 Å². The summed E-state index contributed by atoms with van der Waals surface area (Å²) in [6.07, 6.45) is 2.00. The van der Waals surface area contributed by atoms with E-state index in [1.807, 2.05) is 4.90 Å². The third-order valence-electron chi connectivity index (χ3n) is 4.97. The van der Waals surface area contributed by atoms with Gasteiger partial charge in [-0.3, -0.25) is 9.62 Å². The van der Waals surface area contributed by atoms with Crippen molar-refractivity contribution in [2.45, 2.75) is 24.7 Å². The molecular weight excluding hydrogens is 406 g/mol. The first-order valence-electron chi connectivity index (χ1n) is 9.81. The minimum atomic E-state index is -3.79. The van der Waals surface area contributed by atoms with Gasteiger partial charge in [0.1, 0.15) is 0 Å². The van der Waals surface area contributed by atoms with Crippen molar-refractivity contribution in [3.8, 4) is 11.5 Å². The fourth-order valence-electron chi connectivity index (χ4n) is 3.30. The van der Waals surface area contributed by atoms with Crippen LogP contribution in [0, 0.1) is 0 Å². The Bertz CT molecular complexity index is 992. The molecule has 0 unspecified atom stereocenters. The molecule has 30 heavy (non-hydrogen) atoms. The highest BCUT2D eigenvalue weighted by molar-refractivity contribution is 7.92. The highest BCUT2D eigenvalue weighted by Gasteiger charge is 2.29. The maximum Gasteiger partial charge on any atom is 0.324 e. The molecule has 0 bridgehead atoms. The van der Waals surface area contributed by atoms with E-state index < -0.39 is 10.0 Å². The molecule has 1 aliphatic heterocycles. The number of nitrogens with one attached hydrogen (secondary N) is 1. The average Bonchev–Trinajstić information content (AvgIpc) is 3.12. The first-order chi connectivity index (χ1) is 14.4. The Kier molecular flexibility index (Phi) is 6.71. The number of unbranched alkanes of at least 4 members (excludes halogenated alkanes) is 1. The van der Waals surface area contributed by atoms with Crippen LogP contribution >= 0.6 is 0 Å². The van der Waals surface area contributed by atoms with Crippen molar-refractivity contribution in [1.82, 2.24) is 4.90 Å². The monoisotopic (exact) mass is 433 g/mol. The molecule has 1 fully saturated rings. The second-order valence-corrected chi connectivity index (χ2v) is 8.63. The number of benzene rings is 2. The molecule has 0 radical (unpaired) electrons. The third-order valence-corrected chi connectivity index (χ3v) is 6.37. The zero-order chi connectivity index (χ0) is 21.7. The molecule has 1 saturated heterocycles. The molecule has 1 N–H and O–H groups in total. The minimum Gasteiger partial charge on any atom is -0.493 e. The molecule has 1 heterocycles. The number of carbonyl (C=O) groups is 1. The van der Waals surface area contributed by atoms with Crippen molar-refractivity contribution in [2.24, 2.45) is 0 Å². The number of hydrogen-bond donors (Lipinski definition) is 1. The normalized spacial score (nSPS) is 14.2. The lowest BCUT2D eigenvalue weighted by molar-refractivity contribution is 0.220. The van der Waals surface area contributed by atoms with Gasteiger partial charge in [-0.15, -0.1) is 0 Å². The molecule has 3 rings (SSSR count). The van der Waals surface area contributed by atoms with E-state index in [2.05, 4.69) is 11.6 Å². The van der Waals surface area contributed by atoms with Crippen molar-refractivity contribution < 1.29 is 22.7 Å². The number of urea groups is 1. The lowest BCUT2D eigenvalue weighted by atomic mass is 10.3. The first-order valence-corrected chi connectivity index (χ1v) is 11.3. The largest absolute Gasteiger partial charge is 0.493 e. The van der Waals surface area contributed by atoms with Crippen LogP contribution in [0.4, 0.5) is 16.2 Å². The summed E-state index contributed by atoms with van der Waals surface area (Å²) in [7, 11) is -0.799. The van der Waals surface area contributed by atoms with Crippen molar-refractivity contribution in [3.63, 3.8) is 0 Å². The summed E-state index contributed by atoms with van der Waals surface area (Å²) in [4.78, 5) is 16.2. The number of methoxy groups -OCH3 is 2. The molecule has 2 amide bonds. The van der Waals surface area contributed by atoms with Crippen molar-refractivity contribution in [1.29, 1.82) is 0 Å². The molecule has 162 valence electrons. The summed E-state index contributed by atoms with van der Waals surface area (Å²) < 4.78 is 38.4. The van der Waals surface area contributed by atoms with E-state index in [0.717, 1.165) is 19.4 Å². The van der Waals surface area contributed by atoms with Gasteiger partial charge in [0.25, 0.3) is 10.0 Å². The predicted octanol–water partition coefficient (Wildman–Crippen LogP) is 3.55. The zero-order valence-electron chi connectivity index (χ0n) is 17.4. The molecule has 1 aliphatic rings. The quantitative estimate of drug-likeness (QED) is 0.653. The Labute approximate surface area is 177 Å². The van der Waals surface area contributed by atoms with Gasteiger partial charge in [0, 0.05) is 31.4 Å². The van der Waals surface area contributed by atoms with Gasteiger partial charge in [0.2, 0.25) is 0 Å². The fraction of sp³-hybridized carbons (Fsp3) is 0.381. The van der Waals surface area contributed by atoms with Crippen LogP contribution in [-0.2, 0) is 10.0 Å². The topological polar surface area (TPSA) is 88.2 Å². The Morgan fingerprint density at radius 1 is 1.00 bits per heavy atom. The Balaban J connectivity index is 1.73. The van der Waals surface area contributed by atoms with Crippen molar-refractivity contribution in [3.05, 3.63) is 42.5 Å². The predicted molar refractivity (Wildman–Crippen MR) is 116 cm³/mol. The molecule has 9 heteroatoms. The van der Waals surface area contributed by atoms with Gasteiger partial charge in [-0.2, -0.15) is 0 Å². The van der Waals surface area contributed by atoms with E-state index in [1.54, 1.807) is 35.2 Å². The van der Waals surface area contributed by atoms with Gasteiger partial charge >= 0.3 is 6.03 Å². The number of ether oxygens (including phenoxy) is 2. The maximum absolute atomic E-state index is 12.8. The highest BCUT2D eigenvalue weighted by Crippen LogP contribution is 2.31. The van der Waals surface area contributed by atoms with Crippen LogP contribution in [-0.4, -0.2) is 53.2 Å². The second kappa shape index (κ2) is 9.25. The number of carbonyl (C=O) groups excluding carboxylic acids is 1. The van der Waals surface area contributed by atoms with Gasteiger partial charge in [-0.05, 0) is 42.8 Å². The minimum absolute atomic E-state index is 0.0393. The van der Waals surface area contributed by atoms with E-state index >= 15 is 0 Å². The molecule has 2 aromatic rings. The van der Waals surface area contributed by atoms with E-state index in [-0.39, 0.29) is 10.9 Å². The SMILES string of the molecule is CCCCN1CCN(c2ccc(S(=O)(=O)Nc3ccc(OC)c(OC)c3)cc2)C1=O. The third kappa shape index (κ3) is 4.62. The van der Waals surface area contributed by atoms with E-state index in [0.29, 0.717) is 36.0 Å². The first kappa shape index (κ1) is 21.8. The molecule has 2 aromatic carbocycles. The second-order valence-electron chi connectivity index (χ2n) is 6.94. The van der Waals surface area contributed by atoms with Crippen LogP contribution in [0.1, 0.15) is 19.8 Å². The van der Waals surface area contributed by atoms with Crippen LogP contribution in [0.25, 0.3) is 0 Å². The van der Waals surface area contributed by atoms with E-state index in [4.69, 9.17) is 9.47 Å². The van der Waals surface area contributed by atoms with E-state index in [9.17, 15) is 13.2 Å². The van der Waals surface area contributed by atoms with Crippen molar-refractivity contribution >= 4 is 27.4 Å². The number of hydrogen-bond acceptors (Lipinski definition) is 5.